The van der Waals surface area contributed by atoms with E-state index < -0.39 is 23.5 Å². The quantitative estimate of drug-likeness (QED) is 0.511. The average molecular weight is 529 g/mol. The molecule has 1 aromatic heterocycles. The molecule has 0 aromatic carbocycles. The van der Waals surface area contributed by atoms with Crippen molar-refractivity contribution in [3.63, 3.8) is 0 Å². The highest BCUT2D eigenvalue weighted by atomic mass is 16.6. The molecule has 8 atom stereocenters. The number of nitrogens with one attached hydrogen (secondary N) is 1. The van der Waals surface area contributed by atoms with Crippen molar-refractivity contribution in [3.05, 3.63) is 35.7 Å². The van der Waals surface area contributed by atoms with E-state index in [-0.39, 0.29) is 47.9 Å². The van der Waals surface area contributed by atoms with Crippen molar-refractivity contribution in [1.29, 1.82) is 0 Å². The molecule has 0 spiro atoms. The van der Waals surface area contributed by atoms with Crippen LogP contribution in [0, 0.1) is 17.3 Å². The number of ether oxygens (including phenoxy) is 2. The summed E-state index contributed by atoms with van der Waals surface area (Å²) in [6.45, 7) is 9.97. The number of carbonyl (C=O) groups is 2. The van der Waals surface area contributed by atoms with Crippen LogP contribution in [0.15, 0.2) is 30.0 Å². The number of aliphatic hydroxyl groups excluding tert-OH is 2. The molecule has 3 fully saturated rings. The van der Waals surface area contributed by atoms with Crippen LogP contribution in [-0.4, -0.2) is 69.6 Å². The zero-order chi connectivity index (χ0) is 27.7. The van der Waals surface area contributed by atoms with Crippen LogP contribution in [-0.2, 0) is 19.1 Å². The minimum Gasteiger partial charge on any atom is -0.392 e. The average Bonchev–Trinajstić information content (AvgIpc) is 3.79. The van der Waals surface area contributed by atoms with Gasteiger partial charge in [0.25, 0.3) is 0 Å². The topological polar surface area (TPSA) is 125 Å². The van der Waals surface area contributed by atoms with Crippen LogP contribution in [0.5, 0.6) is 0 Å². The number of pyridine rings is 1. The van der Waals surface area contributed by atoms with E-state index in [0.29, 0.717) is 19.4 Å². The van der Waals surface area contributed by atoms with Gasteiger partial charge in [0.2, 0.25) is 5.91 Å². The highest BCUT2D eigenvalue weighted by molar-refractivity contribution is 5.88. The molecule has 38 heavy (non-hydrogen) atoms. The van der Waals surface area contributed by atoms with Gasteiger partial charge in [0.15, 0.2) is 0 Å². The largest absolute Gasteiger partial charge is 0.392 e. The van der Waals surface area contributed by atoms with Gasteiger partial charge in [-0.1, -0.05) is 33.3 Å². The molecule has 0 saturated carbocycles. The maximum Gasteiger partial charge on any atom is 0.223 e. The van der Waals surface area contributed by atoms with E-state index in [1.54, 1.807) is 20.0 Å². The number of fused-ring (bicyclic) bond motifs is 1. The molecular formula is C30H44N2O6. The van der Waals surface area contributed by atoms with Crippen molar-refractivity contribution in [2.24, 2.45) is 17.3 Å². The van der Waals surface area contributed by atoms with E-state index in [1.807, 2.05) is 38.1 Å². The molecule has 0 aliphatic carbocycles. The van der Waals surface area contributed by atoms with Crippen molar-refractivity contribution in [3.8, 4) is 0 Å². The molecule has 3 aliphatic rings. The Balaban J connectivity index is 1.58. The predicted octanol–water partition coefficient (Wildman–Crippen LogP) is 3.45. The first-order valence-corrected chi connectivity index (χ1v) is 14.0. The molecule has 210 valence electrons. The molecule has 4 heterocycles. The second-order valence-corrected chi connectivity index (χ2v) is 12.4. The Kier molecular flexibility index (Phi) is 8.77. The highest BCUT2D eigenvalue weighted by Crippen LogP contribution is 2.44. The van der Waals surface area contributed by atoms with Gasteiger partial charge in [-0.25, -0.2) is 0 Å². The Morgan fingerprint density at radius 2 is 1.97 bits per heavy atom. The number of amides is 1. The standard InChI is InChI=1S/C30H44N2O6/c1-18-9-8-11-30(5)25(38-30)15-23(19(2)13-20-10-6-7-12-31-20)32-26(34)16-24(33)29(3,4)28(36)22(27(18)35)14-21-17-37-21/h6-7,10,12-13,18,21-25,27,33,35H,8-9,11,14-17H2,1-5H3,(H,32,34). The summed E-state index contributed by atoms with van der Waals surface area (Å²) in [5.74, 6) is -1.30. The molecule has 8 heteroatoms. The van der Waals surface area contributed by atoms with E-state index in [2.05, 4.69) is 17.2 Å². The Labute approximate surface area is 226 Å². The van der Waals surface area contributed by atoms with Crippen LogP contribution < -0.4 is 5.32 Å². The molecule has 0 radical (unpaired) electrons. The van der Waals surface area contributed by atoms with Gasteiger partial charge < -0.3 is 25.0 Å². The molecule has 3 saturated heterocycles. The van der Waals surface area contributed by atoms with Gasteiger partial charge in [0.1, 0.15) is 5.78 Å². The monoisotopic (exact) mass is 528 g/mol. The summed E-state index contributed by atoms with van der Waals surface area (Å²) in [6, 6.07) is 5.39. The molecule has 1 amide bonds. The number of Topliss-reactive ketones (excluding diaryl/α,β-unsaturated/α-hetero) is 1. The minimum atomic E-state index is -1.21. The third-order valence-corrected chi connectivity index (χ3v) is 8.86. The van der Waals surface area contributed by atoms with Crippen LogP contribution in [0.25, 0.3) is 6.08 Å². The summed E-state index contributed by atoms with van der Waals surface area (Å²) in [5, 5.41) is 25.5. The summed E-state index contributed by atoms with van der Waals surface area (Å²) in [7, 11) is 0. The van der Waals surface area contributed by atoms with Crippen molar-refractivity contribution < 1.29 is 29.3 Å². The molecular weight excluding hydrogens is 484 g/mol. The second-order valence-electron chi connectivity index (χ2n) is 12.4. The Bertz CT molecular complexity index is 1020. The first-order chi connectivity index (χ1) is 17.9. The number of ketones is 1. The smallest absolute Gasteiger partial charge is 0.223 e. The summed E-state index contributed by atoms with van der Waals surface area (Å²) in [4.78, 5) is 31.3. The number of rotatable bonds is 4. The van der Waals surface area contributed by atoms with Crippen molar-refractivity contribution in [2.45, 2.75) is 109 Å². The highest BCUT2D eigenvalue weighted by Gasteiger charge is 2.52. The number of hydrogen-bond acceptors (Lipinski definition) is 7. The molecule has 8 nitrogen and oxygen atoms in total. The van der Waals surface area contributed by atoms with Gasteiger partial charge in [0.05, 0.1) is 60.2 Å². The number of aromatic nitrogens is 1. The van der Waals surface area contributed by atoms with E-state index in [0.717, 1.165) is 30.5 Å². The SMILES string of the molecule is CC(=Cc1ccccn1)C1CC2OC2(C)CCCC(C)C(O)C(CC2CO2)C(=O)C(C)(C)C(O)CC(=O)N1. The van der Waals surface area contributed by atoms with Crippen molar-refractivity contribution in [1.82, 2.24) is 10.3 Å². The van der Waals surface area contributed by atoms with Crippen LogP contribution in [0.2, 0.25) is 0 Å². The summed E-state index contributed by atoms with van der Waals surface area (Å²) >= 11 is 0. The number of nitrogens with zero attached hydrogens (tertiary/aromatic N) is 1. The Morgan fingerprint density at radius 3 is 2.63 bits per heavy atom. The summed E-state index contributed by atoms with van der Waals surface area (Å²) in [5.41, 5.74) is 0.258. The second kappa shape index (κ2) is 11.5. The molecule has 4 rings (SSSR count). The van der Waals surface area contributed by atoms with Crippen molar-refractivity contribution in [2.75, 3.05) is 6.61 Å². The third-order valence-electron chi connectivity index (χ3n) is 8.86. The van der Waals surface area contributed by atoms with E-state index in [9.17, 15) is 19.8 Å². The van der Waals surface area contributed by atoms with Crippen LogP contribution >= 0.6 is 0 Å². The van der Waals surface area contributed by atoms with E-state index in [1.165, 1.54) is 0 Å². The summed E-state index contributed by atoms with van der Waals surface area (Å²) < 4.78 is 11.5. The third kappa shape index (κ3) is 6.89. The number of aliphatic hydroxyl groups is 2. The molecule has 1 aromatic rings. The maximum absolute atomic E-state index is 13.7. The van der Waals surface area contributed by atoms with Gasteiger partial charge in [-0.2, -0.15) is 0 Å². The Hall–Kier alpha value is -2.13. The van der Waals surface area contributed by atoms with Gasteiger partial charge in [0, 0.05) is 18.5 Å². The predicted molar refractivity (Wildman–Crippen MR) is 144 cm³/mol. The van der Waals surface area contributed by atoms with E-state index in [4.69, 9.17) is 9.47 Å². The number of carbonyl (C=O) groups excluding carboxylic acids is 2. The van der Waals surface area contributed by atoms with Gasteiger partial charge >= 0.3 is 0 Å². The first-order valence-electron chi connectivity index (χ1n) is 14.0. The van der Waals surface area contributed by atoms with Crippen LogP contribution in [0.4, 0.5) is 0 Å². The normalized spacial score (nSPS) is 38.7. The lowest BCUT2D eigenvalue weighted by molar-refractivity contribution is -0.144. The fraction of sp³-hybridized carbons (Fsp3) is 0.700. The lowest BCUT2D eigenvalue weighted by Crippen LogP contribution is -2.48. The van der Waals surface area contributed by atoms with Crippen LogP contribution in [0.1, 0.15) is 78.8 Å². The maximum atomic E-state index is 13.7. The fourth-order valence-corrected chi connectivity index (χ4v) is 5.73. The zero-order valence-corrected chi connectivity index (χ0v) is 23.4. The molecule has 8 unspecified atom stereocenters. The molecule has 3 N–H and O–H groups in total. The Morgan fingerprint density at radius 1 is 1.24 bits per heavy atom. The van der Waals surface area contributed by atoms with E-state index >= 15 is 0 Å². The molecule has 0 bridgehead atoms. The lowest BCUT2D eigenvalue weighted by atomic mass is 9.71. The number of epoxide rings is 2. The first kappa shape index (κ1) is 28.9. The lowest BCUT2D eigenvalue weighted by Gasteiger charge is -2.36. The van der Waals surface area contributed by atoms with Crippen molar-refractivity contribution >= 4 is 17.8 Å². The van der Waals surface area contributed by atoms with Gasteiger partial charge in [-0.05, 0) is 62.8 Å². The van der Waals surface area contributed by atoms with Crippen LogP contribution in [0.3, 0.4) is 0 Å². The molecule has 3 aliphatic heterocycles. The minimum absolute atomic E-state index is 0.00396. The summed E-state index contributed by atoms with van der Waals surface area (Å²) in [6.07, 6.45) is 4.89. The fourth-order valence-electron chi connectivity index (χ4n) is 5.73. The van der Waals surface area contributed by atoms with Gasteiger partial charge in [-0.15, -0.1) is 0 Å². The number of hydrogen-bond donors (Lipinski definition) is 3. The van der Waals surface area contributed by atoms with Gasteiger partial charge in [-0.3, -0.25) is 14.6 Å². The zero-order valence-electron chi connectivity index (χ0n) is 23.4.